The predicted molar refractivity (Wildman–Crippen MR) is 116 cm³/mol. The molecule has 1 N–H and O–H groups in total. The molecular weight excluding hydrogens is 451 g/mol. The Kier molecular flexibility index (Phi) is 6.64. The van der Waals surface area contributed by atoms with Crippen LogP contribution in [0.25, 0.3) is 0 Å². The number of pyridine rings is 1. The van der Waals surface area contributed by atoms with Crippen LogP contribution >= 0.6 is 0 Å². The minimum atomic E-state index is -2.95. The van der Waals surface area contributed by atoms with Gasteiger partial charge >= 0.3 is 0 Å². The molecule has 0 spiro atoms. The fourth-order valence-corrected chi connectivity index (χ4v) is 3.74. The summed E-state index contributed by atoms with van der Waals surface area (Å²) in [5, 5.41) is 13.9. The van der Waals surface area contributed by atoms with Crippen LogP contribution in [0.2, 0.25) is 0 Å². The maximum absolute atomic E-state index is 14.6. The Balaban J connectivity index is 1.38. The normalized spacial score (nSPS) is 18.8. The summed E-state index contributed by atoms with van der Waals surface area (Å²) in [5.74, 6) is -4.20. The number of rotatable bonds is 6. The molecule has 178 valence electrons. The summed E-state index contributed by atoms with van der Waals surface area (Å²) < 4.78 is 48.2. The monoisotopic (exact) mass is 473 g/mol. The number of aromatic nitrogens is 3. The molecule has 2 aromatic heterocycles. The zero-order chi connectivity index (χ0) is 24.3. The van der Waals surface area contributed by atoms with Crippen molar-refractivity contribution in [3.05, 3.63) is 77.8 Å². The Morgan fingerprint density at radius 1 is 1.21 bits per heavy atom. The molecule has 2 atom stereocenters. The van der Waals surface area contributed by atoms with Gasteiger partial charge in [-0.3, -0.25) is 9.69 Å². The van der Waals surface area contributed by atoms with Gasteiger partial charge in [-0.2, -0.15) is 4.73 Å². The Morgan fingerprint density at radius 2 is 1.91 bits per heavy atom. The average molecular weight is 473 g/mol. The number of hydrogen-bond acceptors (Lipinski definition) is 6. The van der Waals surface area contributed by atoms with Crippen LogP contribution in [0.3, 0.4) is 0 Å². The maximum Gasteiger partial charge on any atom is 0.257 e. The summed E-state index contributed by atoms with van der Waals surface area (Å²) in [6, 6.07) is 7.43. The van der Waals surface area contributed by atoms with Crippen molar-refractivity contribution in [1.82, 2.24) is 14.9 Å². The molecule has 0 saturated carbocycles. The van der Waals surface area contributed by atoms with E-state index in [2.05, 4.69) is 15.3 Å². The summed E-state index contributed by atoms with van der Waals surface area (Å²) in [6.45, 7) is 1.63. The summed E-state index contributed by atoms with van der Waals surface area (Å²) in [5.41, 5.74) is 0.344. The van der Waals surface area contributed by atoms with Gasteiger partial charge in [-0.25, -0.2) is 23.1 Å². The Labute approximate surface area is 193 Å². The number of nitrogens with one attached hydrogen (secondary N) is 1. The molecule has 0 aliphatic carbocycles. The minimum Gasteiger partial charge on any atom is -0.619 e. The molecule has 1 amide bonds. The molecule has 3 heterocycles. The van der Waals surface area contributed by atoms with E-state index < -0.39 is 36.0 Å². The van der Waals surface area contributed by atoms with Crippen molar-refractivity contribution in [2.24, 2.45) is 0 Å². The third-order valence-corrected chi connectivity index (χ3v) is 5.73. The van der Waals surface area contributed by atoms with Crippen LogP contribution in [0.1, 0.15) is 24.8 Å². The third-order valence-electron chi connectivity index (χ3n) is 5.73. The van der Waals surface area contributed by atoms with E-state index in [1.807, 2.05) is 0 Å². The molecule has 1 aliphatic heterocycles. The second-order valence-corrected chi connectivity index (χ2v) is 8.01. The Hall–Kier alpha value is -3.73. The molecule has 0 radical (unpaired) electrons. The number of piperidine rings is 1. The first-order valence-corrected chi connectivity index (χ1v) is 10.6. The summed E-state index contributed by atoms with van der Waals surface area (Å²) >= 11 is 0. The predicted octanol–water partition coefficient (Wildman–Crippen LogP) is 3.49. The molecule has 11 heteroatoms. The van der Waals surface area contributed by atoms with Crippen LogP contribution in [0.5, 0.6) is 11.6 Å². The van der Waals surface area contributed by atoms with E-state index in [1.54, 1.807) is 11.8 Å². The Morgan fingerprint density at radius 3 is 2.56 bits per heavy atom. The van der Waals surface area contributed by atoms with Gasteiger partial charge in [0.15, 0.2) is 18.2 Å². The van der Waals surface area contributed by atoms with Crippen molar-refractivity contribution in [1.29, 1.82) is 0 Å². The SMILES string of the molecule is C[C@@H](C(=O)Nc1cnc(Oc2ccc(F)cc2)cn1)N1CCC(F)(F)[C@@H](c2cc[n+]([O-])cc2)C1. The average Bonchev–Trinajstić information content (AvgIpc) is 2.82. The number of hydrogen-bond donors (Lipinski definition) is 1. The van der Waals surface area contributed by atoms with Crippen LogP contribution in [0.4, 0.5) is 19.0 Å². The maximum atomic E-state index is 14.6. The van der Waals surface area contributed by atoms with Crippen LogP contribution in [-0.2, 0) is 4.79 Å². The van der Waals surface area contributed by atoms with Gasteiger partial charge in [0.2, 0.25) is 11.8 Å². The number of halogens is 3. The van der Waals surface area contributed by atoms with E-state index >= 15 is 0 Å². The van der Waals surface area contributed by atoms with E-state index in [4.69, 9.17) is 4.74 Å². The van der Waals surface area contributed by atoms with Crippen LogP contribution in [0.15, 0.2) is 61.2 Å². The zero-order valence-corrected chi connectivity index (χ0v) is 18.2. The molecule has 1 fully saturated rings. The van der Waals surface area contributed by atoms with Crippen LogP contribution < -0.4 is 14.8 Å². The van der Waals surface area contributed by atoms with Gasteiger partial charge in [0.05, 0.1) is 24.4 Å². The van der Waals surface area contributed by atoms with Crippen molar-refractivity contribution < 1.29 is 27.4 Å². The first-order valence-electron chi connectivity index (χ1n) is 10.6. The molecule has 4 rings (SSSR count). The highest BCUT2D eigenvalue weighted by atomic mass is 19.3. The van der Waals surface area contributed by atoms with Crippen molar-refractivity contribution >= 4 is 11.7 Å². The molecule has 8 nitrogen and oxygen atoms in total. The summed E-state index contributed by atoms with van der Waals surface area (Å²) in [6.07, 6.45) is 4.57. The van der Waals surface area contributed by atoms with E-state index in [1.165, 1.54) is 61.2 Å². The smallest absolute Gasteiger partial charge is 0.257 e. The lowest BCUT2D eigenvalue weighted by Crippen LogP contribution is -2.52. The largest absolute Gasteiger partial charge is 0.619 e. The lowest BCUT2D eigenvalue weighted by atomic mass is 9.87. The van der Waals surface area contributed by atoms with E-state index in [0.29, 0.717) is 16.0 Å². The van der Waals surface area contributed by atoms with Crippen molar-refractivity contribution in [2.45, 2.75) is 31.2 Å². The topological polar surface area (TPSA) is 94.3 Å². The van der Waals surface area contributed by atoms with E-state index in [0.717, 1.165) is 0 Å². The van der Waals surface area contributed by atoms with E-state index in [-0.39, 0.29) is 24.8 Å². The van der Waals surface area contributed by atoms with Gasteiger partial charge in [-0.15, -0.1) is 0 Å². The second-order valence-electron chi connectivity index (χ2n) is 8.01. The molecule has 1 aliphatic rings. The summed E-state index contributed by atoms with van der Waals surface area (Å²) in [7, 11) is 0. The number of carbonyl (C=O) groups excluding carboxylic acids is 1. The highest BCUT2D eigenvalue weighted by Gasteiger charge is 2.46. The van der Waals surface area contributed by atoms with Crippen molar-refractivity contribution in [3.63, 3.8) is 0 Å². The lowest BCUT2D eigenvalue weighted by molar-refractivity contribution is -0.605. The molecule has 1 saturated heterocycles. The van der Waals surface area contributed by atoms with E-state index in [9.17, 15) is 23.2 Å². The number of amides is 1. The van der Waals surface area contributed by atoms with Gasteiger partial charge in [0, 0.05) is 31.6 Å². The lowest BCUT2D eigenvalue weighted by Gasteiger charge is -2.40. The number of carbonyl (C=O) groups is 1. The van der Waals surface area contributed by atoms with Gasteiger partial charge < -0.3 is 15.3 Å². The number of alkyl halides is 2. The molecule has 34 heavy (non-hydrogen) atoms. The standard InChI is InChI=1S/C23H22F3N5O3/c1-15(30-11-8-23(25,26)19(14-30)16-6-9-31(33)10-7-16)22(32)29-20-12-28-21(13-27-20)34-18-4-2-17(24)3-5-18/h2-7,9-10,12-13,15,19H,8,11,14H2,1H3,(H,27,29,32)/t15-,19+/m0/s1. The van der Waals surface area contributed by atoms with Gasteiger partial charge in [-0.1, -0.05) is 0 Å². The molecule has 3 aromatic rings. The number of anilines is 1. The minimum absolute atomic E-state index is 0.0411. The Bertz CT molecular complexity index is 1130. The molecular formula is C23H22F3N5O3. The molecule has 0 unspecified atom stereocenters. The van der Waals surface area contributed by atoms with Crippen LogP contribution in [0, 0.1) is 11.0 Å². The highest BCUT2D eigenvalue weighted by molar-refractivity contribution is 5.93. The fraction of sp³-hybridized carbons (Fsp3) is 0.304. The van der Waals surface area contributed by atoms with Gasteiger partial charge in [0.1, 0.15) is 11.6 Å². The van der Waals surface area contributed by atoms with Crippen molar-refractivity contribution in [3.8, 4) is 11.6 Å². The number of ether oxygens (including phenoxy) is 1. The third kappa shape index (κ3) is 5.42. The molecule has 1 aromatic carbocycles. The van der Waals surface area contributed by atoms with Gasteiger partial charge in [0.25, 0.3) is 5.92 Å². The quantitative estimate of drug-likeness (QED) is 0.435. The van der Waals surface area contributed by atoms with Crippen LogP contribution in [-0.4, -0.2) is 45.8 Å². The first-order chi connectivity index (χ1) is 16.2. The van der Waals surface area contributed by atoms with Gasteiger partial charge in [-0.05, 0) is 36.8 Å². The zero-order valence-electron chi connectivity index (χ0n) is 18.2. The summed E-state index contributed by atoms with van der Waals surface area (Å²) in [4.78, 5) is 22.6. The number of nitrogens with zero attached hydrogens (tertiary/aromatic N) is 4. The fourth-order valence-electron chi connectivity index (χ4n) is 3.74. The van der Waals surface area contributed by atoms with Crippen molar-refractivity contribution in [2.75, 3.05) is 18.4 Å². The highest BCUT2D eigenvalue weighted by Crippen LogP contribution is 2.40. The number of likely N-dealkylation sites (tertiary alicyclic amines) is 1. The molecule has 0 bridgehead atoms. The first kappa shape index (κ1) is 23.4. The number of benzene rings is 1. The second kappa shape index (κ2) is 9.64.